The molecule has 0 aromatic heterocycles. The van der Waals surface area contributed by atoms with E-state index in [1.807, 2.05) is 31.2 Å². The fraction of sp³-hybridized carbons (Fsp3) is 0.462. The van der Waals surface area contributed by atoms with E-state index >= 15 is 0 Å². The average Bonchev–Trinajstić information content (AvgIpc) is 2.36. The van der Waals surface area contributed by atoms with Gasteiger partial charge in [-0.3, -0.25) is 4.79 Å². The number of hydrogen-bond acceptors (Lipinski definition) is 3. The van der Waals surface area contributed by atoms with Gasteiger partial charge in [0.1, 0.15) is 18.1 Å². The summed E-state index contributed by atoms with van der Waals surface area (Å²) >= 11 is 3.59. The van der Waals surface area contributed by atoms with Gasteiger partial charge >= 0.3 is 0 Å². The first-order valence-corrected chi connectivity index (χ1v) is 6.43. The summed E-state index contributed by atoms with van der Waals surface area (Å²) in [5, 5.41) is 2.19. The second-order valence-corrected chi connectivity index (χ2v) is 4.29. The molecule has 5 heteroatoms. The number of benzene rings is 1. The van der Waals surface area contributed by atoms with Crippen LogP contribution in [0.25, 0.3) is 0 Å². The number of carbonyl (C=O) groups is 1. The summed E-state index contributed by atoms with van der Waals surface area (Å²) in [6, 6.07) is 7.44. The molecule has 0 saturated carbocycles. The third-order valence-corrected chi connectivity index (χ3v) is 2.54. The Hall–Kier alpha value is -1.36. The van der Waals surface area contributed by atoms with E-state index in [1.54, 1.807) is 0 Å². The van der Waals surface area contributed by atoms with Crippen LogP contribution in [0.2, 0.25) is 0 Å². The maximum atomic E-state index is 10.5. The summed E-state index contributed by atoms with van der Waals surface area (Å²) < 4.78 is 11.1. The van der Waals surface area contributed by atoms with E-state index in [1.165, 1.54) is 0 Å². The van der Waals surface area contributed by atoms with Gasteiger partial charge in [0.15, 0.2) is 0 Å². The second kappa shape index (κ2) is 7.87. The molecule has 18 heavy (non-hydrogen) atoms. The molecule has 0 heterocycles. The van der Waals surface area contributed by atoms with Gasteiger partial charge in [-0.15, -0.1) is 0 Å². The molecule has 0 aliphatic carbocycles. The Balaban J connectivity index is 2.33. The molecule has 1 rings (SSSR count). The third kappa shape index (κ3) is 5.82. The van der Waals surface area contributed by atoms with E-state index in [0.29, 0.717) is 13.2 Å². The fourth-order valence-electron chi connectivity index (χ4n) is 1.26. The van der Waals surface area contributed by atoms with Crippen LogP contribution in [0.4, 0.5) is 4.79 Å². The Bertz CT molecular complexity index is 367. The molecule has 0 aliphatic rings. The number of rotatable bonds is 7. The summed E-state index contributed by atoms with van der Waals surface area (Å²) in [5.74, 6) is 1.58. The van der Waals surface area contributed by atoms with Crippen molar-refractivity contribution in [1.82, 2.24) is 5.32 Å². The fourth-order valence-corrected chi connectivity index (χ4v) is 1.37. The highest BCUT2D eigenvalue weighted by molar-refractivity contribution is 7.96. The van der Waals surface area contributed by atoms with Gasteiger partial charge in [0, 0.05) is 0 Å². The topological polar surface area (TPSA) is 47.6 Å². The van der Waals surface area contributed by atoms with Gasteiger partial charge in [-0.1, -0.05) is 19.6 Å². The number of amides is 1. The molecule has 100 valence electrons. The van der Waals surface area contributed by atoms with E-state index in [0.717, 1.165) is 17.9 Å². The lowest BCUT2D eigenvalue weighted by Gasteiger charge is -2.13. The van der Waals surface area contributed by atoms with Crippen molar-refractivity contribution >= 4 is 17.9 Å². The zero-order valence-electron chi connectivity index (χ0n) is 10.7. The smallest absolute Gasteiger partial charge is 0.276 e. The summed E-state index contributed by atoms with van der Waals surface area (Å²) in [5.41, 5.74) is 0. The lowest BCUT2D eigenvalue weighted by Crippen LogP contribution is -2.23. The Morgan fingerprint density at radius 1 is 1.33 bits per heavy atom. The predicted molar refractivity (Wildman–Crippen MR) is 74.7 cm³/mol. The molecule has 0 fully saturated rings. The molecular weight excluding hydrogens is 250 g/mol. The van der Waals surface area contributed by atoms with Gasteiger partial charge in [0.25, 0.3) is 5.24 Å². The van der Waals surface area contributed by atoms with Crippen LogP contribution >= 0.6 is 12.6 Å². The first-order valence-electron chi connectivity index (χ1n) is 5.98. The summed E-state index contributed by atoms with van der Waals surface area (Å²) in [7, 11) is 0. The van der Waals surface area contributed by atoms with Gasteiger partial charge in [0.2, 0.25) is 0 Å². The minimum atomic E-state index is -0.351. The predicted octanol–water partition coefficient (Wildman–Crippen LogP) is 2.88. The highest BCUT2D eigenvalue weighted by Gasteiger charge is 2.01. The van der Waals surface area contributed by atoms with Crippen LogP contribution in [0.15, 0.2) is 24.3 Å². The molecule has 0 radical (unpaired) electrons. The number of hydrogen-bond donors (Lipinski definition) is 2. The van der Waals surface area contributed by atoms with Gasteiger partial charge in [-0.05, 0) is 37.6 Å². The average molecular weight is 269 g/mol. The van der Waals surface area contributed by atoms with Gasteiger partial charge < -0.3 is 14.8 Å². The molecule has 1 N–H and O–H groups in total. The number of thiol groups is 1. The maximum absolute atomic E-state index is 10.5. The zero-order chi connectivity index (χ0) is 13.4. The molecule has 1 unspecified atom stereocenters. The summed E-state index contributed by atoms with van der Waals surface area (Å²) in [6.07, 6.45) is 1.18. The minimum Gasteiger partial charge on any atom is -0.492 e. The summed E-state index contributed by atoms with van der Waals surface area (Å²) in [6.45, 7) is 4.97. The largest absolute Gasteiger partial charge is 0.492 e. The van der Waals surface area contributed by atoms with Crippen LogP contribution in [-0.2, 0) is 0 Å². The molecule has 1 atom stereocenters. The van der Waals surface area contributed by atoms with Crippen molar-refractivity contribution in [3.63, 3.8) is 0 Å². The van der Waals surface area contributed by atoms with Crippen molar-refractivity contribution in [2.75, 3.05) is 13.2 Å². The van der Waals surface area contributed by atoms with Gasteiger partial charge in [0.05, 0.1) is 12.6 Å². The Labute approximate surface area is 113 Å². The molecule has 0 spiro atoms. The third-order valence-electron chi connectivity index (χ3n) is 2.38. The van der Waals surface area contributed by atoms with Crippen LogP contribution in [0.3, 0.4) is 0 Å². The van der Waals surface area contributed by atoms with Gasteiger partial charge in [-0.25, -0.2) is 0 Å². The second-order valence-electron chi connectivity index (χ2n) is 3.89. The van der Waals surface area contributed by atoms with E-state index < -0.39 is 0 Å². The highest BCUT2D eigenvalue weighted by atomic mass is 32.1. The van der Waals surface area contributed by atoms with Crippen LogP contribution in [0.1, 0.15) is 20.3 Å². The van der Waals surface area contributed by atoms with Crippen molar-refractivity contribution in [3.05, 3.63) is 24.3 Å². The van der Waals surface area contributed by atoms with E-state index in [2.05, 4.69) is 24.9 Å². The molecule has 0 aliphatic heterocycles. The maximum Gasteiger partial charge on any atom is 0.276 e. The molecular formula is C13H19NO3S. The molecule has 0 bridgehead atoms. The zero-order valence-corrected chi connectivity index (χ0v) is 11.6. The summed E-state index contributed by atoms with van der Waals surface area (Å²) in [4.78, 5) is 10.5. The lowest BCUT2D eigenvalue weighted by atomic mass is 10.3. The minimum absolute atomic E-state index is 0.211. The lowest BCUT2D eigenvalue weighted by molar-refractivity contribution is 0.217. The van der Waals surface area contributed by atoms with Crippen molar-refractivity contribution in [3.8, 4) is 11.5 Å². The quantitative estimate of drug-likeness (QED) is 0.591. The molecule has 1 aromatic carbocycles. The van der Waals surface area contributed by atoms with E-state index in [-0.39, 0.29) is 11.3 Å². The van der Waals surface area contributed by atoms with Crippen LogP contribution in [0.5, 0.6) is 11.5 Å². The van der Waals surface area contributed by atoms with E-state index in [9.17, 15) is 4.79 Å². The molecule has 0 saturated heterocycles. The molecule has 1 amide bonds. The Morgan fingerprint density at radius 3 is 2.50 bits per heavy atom. The monoisotopic (exact) mass is 269 g/mol. The molecule has 1 aromatic rings. The Kier molecular flexibility index (Phi) is 6.43. The number of ether oxygens (including phenoxy) is 2. The SMILES string of the molecule is CCC(C)Oc1ccc(OCCNC(=O)S)cc1. The molecule has 4 nitrogen and oxygen atoms in total. The van der Waals surface area contributed by atoms with Gasteiger partial charge in [-0.2, -0.15) is 0 Å². The highest BCUT2D eigenvalue weighted by Crippen LogP contribution is 2.19. The number of nitrogens with one attached hydrogen (secondary N) is 1. The van der Waals surface area contributed by atoms with Crippen LogP contribution in [-0.4, -0.2) is 24.5 Å². The van der Waals surface area contributed by atoms with Crippen LogP contribution < -0.4 is 14.8 Å². The van der Waals surface area contributed by atoms with Crippen LogP contribution in [0, 0.1) is 0 Å². The van der Waals surface area contributed by atoms with E-state index in [4.69, 9.17) is 9.47 Å². The normalized spacial score (nSPS) is 11.7. The first kappa shape index (κ1) is 14.7. The first-order chi connectivity index (χ1) is 8.61. The van der Waals surface area contributed by atoms with Crippen molar-refractivity contribution in [2.24, 2.45) is 0 Å². The van der Waals surface area contributed by atoms with Crippen molar-refractivity contribution in [2.45, 2.75) is 26.4 Å². The van der Waals surface area contributed by atoms with Crippen molar-refractivity contribution < 1.29 is 14.3 Å². The standard InChI is InChI=1S/C13H19NO3S/c1-3-10(2)17-12-6-4-11(5-7-12)16-9-8-14-13(15)18/h4-7,10H,3,8-9H2,1-2H3,(H2,14,15,18). The Morgan fingerprint density at radius 2 is 1.94 bits per heavy atom. The van der Waals surface area contributed by atoms with Crippen molar-refractivity contribution in [1.29, 1.82) is 0 Å². The number of carbonyl (C=O) groups excluding carboxylic acids is 1.